The normalized spacial score (nSPS) is 9.20. The Hall–Kier alpha value is -0.730. The van der Waals surface area contributed by atoms with Gasteiger partial charge in [0.15, 0.2) is 0 Å². The van der Waals surface area contributed by atoms with Crippen molar-refractivity contribution < 1.29 is 16.0 Å². The minimum Gasteiger partial charge on any atom is -0.609 e. The molecule has 0 aromatic heterocycles. The molecule has 5 heavy (non-hydrogen) atoms. The lowest BCUT2D eigenvalue weighted by Gasteiger charge is -1.90. The van der Waals surface area contributed by atoms with Crippen LogP contribution in [0.1, 0.15) is 1.37 Å². The number of ether oxygens (including phenoxy) is 1. The fourth-order valence-corrected chi connectivity index (χ4v) is 0. The van der Waals surface area contributed by atoms with Gasteiger partial charge in [-0.05, 0) is 0 Å². The van der Waals surface area contributed by atoms with Gasteiger partial charge in [0.2, 0.25) is 0 Å². The maximum Gasteiger partial charge on any atom is 0.473 e. The minimum atomic E-state index is -1.45. The molecule has 0 aliphatic heterocycles. The topological polar surface area (TPSA) is 46.5 Å². The van der Waals surface area contributed by atoms with Crippen molar-refractivity contribution in [3.63, 3.8) is 0 Å². The van der Waals surface area contributed by atoms with E-state index in [1.54, 1.807) is 0 Å². The largest absolute Gasteiger partial charge is 0.609 e. The van der Waals surface area contributed by atoms with Crippen molar-refractivity contribution >= 4 is 6.16 Å². The Morgan fingerprint density at radius 2 is 3.00 bits per heavy atom. The van der Waals surface area contributed by atoms with E-state index in [9.17, 15) is 4.79 Å². The Labute approximate surface area is 30.6 Å². The van der Waals surface area contributed by atoms with Crippen LogP contribution in [-0.4, -0.2) is 11.3 Å². The van der Waals surface area contributed by atoms with Crippen LogP contribution in [0.4, 0.5) is 4.79 Å². The summed E-state index contributed by atoms with van der Waals surface area (Å²) in [6, 6.07) is 0. The van der Waals surface area contributed by atoms with E-state index < -0.39 is 6.16 Å². The lowest BCUT2D eigenvalue weighted by molar-refractivity contribution is 0.126. The van der Waals surface area contributed by atoms with Crippen molar-refractivity contribution in [2.75, 3.05) is 0 Å². The summed E-state index contributed by atoms with van der Waals surface area (Å²) in [5, 5.41) is 7.54. The highest BCUT2D eigenvalue weighted by Gasteiger charge is 1.74. The molecule has 30 valence electrons. The van der Waals surface area contributed by atoms with Crippen LogP contribution in [-0.2, 0) is 4.74 Å². The number of hydrogen-bond acceptors (Lipinski definition) is 2. The monoisotopic (exact) mass is 76.0 g/mol. The molecule has 0 unspecified atom stereocenters. The molecule has 0 aliphatic rings. The second kappa shape index (κ2) is 1.58. The molecule has 0 radical (unpaired) electrons. The van der Waals surface area contributed by atoms with Gasteiger partial charge in [-0.2, -0.15) is 8.46 Å². The van der Waals surface area contributed by atoms with Crippen molar-refractivity contribution in [2.24, 2.45) is 0 Å². The summed E-state index contributed by atoms with van der Waals surface area (Å²) in [6.45, 7) is 0. The summed E-state index contributed by atoms with van der Waals surface area (Å²) in [5.74, 6) is 0. The molecule has 0 spiro atoms. The Morgan fingerprint density at radius 1 is 2.40 bits per heavy atom. The molecule has 0 atom stereocenters. The zero-order valence-corrected chi connectivity index (χ0v) is 2.34. The first-order valence-electron chi connectivity index (χ1n) is 1.44. The zero-order chi connectivity index (χ0) is 4.99. The molecule has 0 rings (SSSR count). The van der Waals surface area contributed by atoms with Crippen LogP contribution < -0.4 is 0 Å². The van der Waals surface area contributed by atoms with Gasteiger partial charge in [-0.25, -0.2) is 4.79 Å². The first kappa shape index (κ1) is 2.50. The maximum absolute atomic E-state index is 9.23. The van der Waals surface area contributed by atoms with Gasteiger partial charge in [0, 0.05) is 0 Å². The van der Waals surface area contributed by atoms with Crippen LogP contribution in [0, 0.1) is 7.09 Å². The highest BCUT2D eigenvalue weighted by atomic mass is 16.6. The predicted octanol–water partition coefficient (Wildman–Crippen LogP) is 0.473. The van der Waals surface area contributed by atoms with Crippen LogP contribution in [0.2, 0.25) is 0 Å². The lowest BCUT2D eigenvalue weighted by Crippen LogP contribution is -1.88. The van der Waals surface area contributed by atoms with E-state index in [-0.39, 0.29) is 0 Å². The van der Waals surface area contributed by atoms with E-state index in [1.165, 1.54) is 0 Å². The van der Waals surface area contributed by atoms with Crippen LogP contribution in [0.5, 0.6) is 0 Å². The van der Waals surface area contributed by atoms with Crippen LogP contribution in [0.3, 0.4) is 0 Å². The zero-order valence-electron chi connectivity index (χ0n) is 3.34. The standard InChI is InChI=1S/C2H3O3/c1-5-2(3)4/h1H2,(H,3,4)/q-1/i1D. The SMILES string of the molecule is [2H][CH-]OC(=O)O. The summed E-state index contributed by atoms with van der Waals surface area (Å²) >= 11 is 0. The molecule has 0 aromatic rings. The summed E-state index contributed by atoms with van der Waals surface area (Å²) in [4.78, 5) is 9.23. The Kier molecular flexibility index (Phi) is 0.789. The van der Waals surface area contributed by atoms with E-state index in [0.29, 0.717) is 7.09 Å². The molecule has 0 aromatic carbocycles. The van der Waals surface area contributed by atoms with Crippen LogP contribution in [0.15, 0.2) is 0 Å². The first-order chi connectivity index (χ1) is 2.77. The molecule has 0 aliphatic carbocycles. The Morgan fingerprint density at radius 3 is 3.00 bits per heavy atom. The lowest BCUT2D eigenvalue weighted by atomic mass is 11.4. The predicted molar refractivity (Wildman–Crippen MR) is 14.5 cm³/mol. The summed E-state index contributed by atoms with van der Waals surface area (Å²) in [5.41, 5.74) is 0. The molecule has 3 heteroatoms. The second-order valence-corrected chi connectivity index (χ2v) is 0.384. The molecule has 1 N–H and O–H groups in total. The molecule has 0 saturated carbocycles. The highest BCUT2D eigenvalue weighted by molar-refractivity contribution is 5.56. The number of carboxylic acid groups (broad SMARTS) is 1. The van der Waals surface area contributed by atoms with E-state index >= 15 is 0 Å². The van der Waals surface area contributed by atoms with E-state index in [2.05, 4.69) is 4.74 Å². The maximum atomic E-state index is 9.23. The van der Waals surface area contributed by atoms with Crippen LogP contribution in [0.25, 0.3) is 0 Å². The third-order valence-corrected chi connectivity index (χ3v) is 0.101. The van der Waals surface area contributed by atoms with E-state index in [4.69, 9.17) is 6.48 Å². The van der Waals surface area contributed by atoms with Gasteiger partial charge in [-0.1, -0.05) is 0 Å². The molecule has 3 nitrogen and oxygen atoms in total. The van der Waals surface area contributed by atoms with Crippen molar-refractivity contribution in [2.45, 2.75) is 0 Å². The van der Waals surface area contributed by atoms with Crippen LogP contribution >= 0.6 is 0 Å². The molecular formula is C2H3O3-. The van der Waals surface area contributed by atoms with Crippen molar-refractivity contribution in [1.82, 2.24) is 0 Å². The van der Waals surface area contributed by atoms with Crippen molar-refractivity contribution in [3.05, 3.63) is 7.09 Å². The van der Waals surface area contributed by atoms with Gasteiger partial charge in [-0.15, -0.1) is 0 Å². The fourth-order valence-electron chi connectivity index (χ4n) is 0. The number of carbonyl (C=O) groups is 1. The molecular weight excluding hydrogens is 72.0 g/mol. The van der Waals surface area contributed by atoms with Gasteiger partial charge in [0.25, 0.3) is 0 Å². The van der Waals surface area contributed by atoms with Crippen molar-refractivity contribution in [3.8, 4) is 0 Å². The minimum absolute atomic E-state index is 0.350. The third-order valence-electron chi connectivity index (χ3n) is 0.101. The summed E-state index contributed by atoms with van der Waals surface area (Å²) in [6.07, 6.45) is -1.45. The molecule has 0 fully saturated rings. The van der Waals surface area contributed by atoms with Gasteiger partial charge in [-0.3, -0.25) is 0 Å². The van der Waals surface area contributed by atoms with Gasteiger partial charge >= 0.3 is 6.16 Å². The van der Waals surface area contributed by atoms with Gasteiger partial charge < -0.3 is 9.84 Å². The summed E-state index contributed by atoms with van der Waals surface area (Å²) in [7, 11) is 0.350. The molecule has 0 bridgehead atoms. The van der Waals surface area contributed by atoms with E-state index in [0.717, 1.165) is 0 Å². The number of hydrogen-bond donors (Lipinski definition) is 1. The van der Waals surface area contributed by atoms with Crippen molar-refractivity contribution in [1.29, 1.82) is 0 Å². The average molecular weight is 76.0 g/mol. The second-order valence-electron chi connectivity index (χ2n) is 0.384. The fraction of sp³-hybridized carbons (Fsp3) is 0. The third kappa shape index (κ3) is 3.27. The highest BCUT2D eigenvalue weighted by Crippen LogP contribution is 1.63. The number of rotatable bonds is 1. The van der Waals surface area contributed by atoms with Gasteiger partial charge in [0.1, 0.15) is 0 Å². The smallest absolute Gasteiger partial charge is 0.473 e. The Bertz CT molecular complexity index is 52.8. The first-order valence-corrected chi connectivity index (χ1v) is 0.868. The molecule has 0 amide bonds. The molecule has 0 heterocycles. The summed E-state index contributed by atoms with van der Waals surface area (Å²) < 4.78 is 9.50. The quantitative estimate of drug-likeness (QED) is 0.365. The van der Waals surface area contributed by atoms with Gasteiger partial charge in [0.05, 0.1) is 0 Å². The molecule has 0 saturated heterocycles. The average Bonchev–Trinajstić information content (AvgIpc) is 1.35. The Balaban J connectivity index is 2.83. The van der Waals surface area contributed by atoms with E-state index in [1.807, 2.05) is 0 Å².